The zero-order chi connectivity index (χ0) is 41.2. The SMILES string of the molecule is [2H]c1c([2H])c([2H])c(-c2nc(-c3cccc4c3-c3cc5ccccc5cc3[Si]4(C)C)nc(-c3c([2H])c([2H])c(-c4c([2H])c([2H])c([2H])c([2H])c4[2H])c([2H])c3[2H])n2)c([2H])c1[2H]. The summed E-state index contributed by atoms with van der Waals surface area (Å²) in [5, 5.41) is 4.32. The van der Waals surface area contributed by atoms with Gasteiger partial charge in [-0.05, 0) is 49.5 Å². The number of hydrogen-bond acceptors (Lipinski definition) is 3. The smallest absolute Gasteiger partial charge is 0.164 e. The van der Waals surface area contributed by atoms with E-state index in [1.807, 2.05) is 24.3 Å². The third kappa shape index (κ3) is 4.30. The highest BCUT2D eigenvalue weighted by molar-refractivity contribution is 7.04. The van der Waals surface area contributed by atoms with Crippen LogP contribution in [-0.2, 0) is 0 Å². The van der Waals surface area contributed by atoms with Crippen LogP contribution in [0.3, 0.4) is 0 Å². The van der Waals surface area contributed by atoms with Crippen molar-refractivity contribution in [2.24, 2.45) is 0 Å². The fourth-order valence-electron chi connectivity index (χ4n) is 5.67. The molecule has 0 radical (unpaired) electrons. The Morgan fingerprint density at radius 2 is 1.02 bits per heavy atom. The van der Waals surface area contributed by atoms with Gasteiger partial charge < -0.3 is 0 Å². The minimum absolute atomic E-state index is 0.0176. The highest BCUT2D eigenvalue weighted by Crippen LogP contribution is 2.38. The lowest BCUT2D eigenvalue weighted by Crippen LogP contribution is -2.49. The number of benzene rings is 6. The minimum atomic E-state index is -2.33. The van der Waals surface area contributed by atoms with Gasteiger partial charge in [0, 0.05) is 16.7 Å². The molecule has 0 unspecified atom stereocenters. The molecule has 3 nitrogen and oxygen atoms in total. The van der Waals surface area contributed by atoms with Gasteiger partial charge in [0.2, 0.25) is 0 Å². The fraction of sp³-hybridized carbons (Fsp3) is 0.0513. The van der Waals surface area contributed by atoms with E-state index in [0.717, 1.165) is 27.1 Å². The molecule has 0 bridgehead atoms. The van der Waals surface area contributed by atoms with Crippen LogP contribution in [0.4, 0.5) is 0 Å². The van der Waals surface area contributed by atoms with Crippen molar-refractivity contribution in [2.75, 3.05) is 0 Å². The molecule has 0 fully saturated rings. The summed E-state index contributed by atoms with van der Waals surface area (Å²) in [6, 6.07) is 8.44. The molecule has 1 aromatic heterocycles. The van der Waals surface area contributed by atoms with E-state index in [1.165, 1.54) is 5.19 Å². The Bertz CT molecular complexity index is 2860. The second-order valence-corrected chi connectivity index (χ2v) is 15.0. The fourth-order valence-corrected chi connectivity index (χ4v) is 8.75. The van der Waals surface area contributed by atoms with Crippen molar-refractivity contribution < 1.29 is 19.2 Å². The number of aromatic nitrogens is 3. The van der Waals surface area contributed by atoms with Crippen molar-refractivity contribution in [3.05, 3.63) is 139 Å². The summed E-state index contributed by atoms with van der Waals surface area (Å²) < 4.78 is 120. The van der Waals surface area contributed by atoms with Gasteiger partial charge >= 0.3 is 0 Å². The number of rotatable bonds is 4. The van der Waals surface area contributed by atoms with Gasteiger partial charge in [0.05, 0.1) is 19.2 Å². The Hall–Kier alpha value is -5.19. The molecule has 1 aliphatic heterocycles. The Kier molecular flexibility index (Phi) is 3.43. The van der Waals surface area contributed by atoms with Crippen molar-refractivity contribution in [3.63, 3.8) is 0 Å². The van der Waals surface area contributed by atoms with Gasteiger partial charge in [-0.15, -0.1) is 0 Å². The molecule has 8 rings (SSSR count). The first kappa shape index (κ1) is 14.8. The molecular formula is C39H29N3Si. The minimum Gasteiger partial charge on any atom is -0.208 e. The van der Waals surface area contributed by atoms with Crippen LogP contribution in [0.5, 0.6) is 0 Å². The highest BCUT2D eigenvalue weighted by atomic mass is 28.3. The van der Waals surface area contributed by atoms with Crippen molar-refractivity contribution in [2.45, 2.75) is 13.1 Å². The number of hydrogen-bond donors (Lipinski definition) is 0. The van der Waals surface area contributed by atoms with Gasteiger partial charge in [0.15, 0.2) is 17.5 Å². The molecule has 1 aliphatic rings. The van der Waals surface area contributed by atoms with E-state index < -0.39 is 115 Å². The number of fused-ring (bicyclic) bond motifs is 4. The van der Waals surface area contributed by atoms with Gasteiger partial charge in [-0.1, -0.05) is 146 Å². The molecule has 0 aliphatic carbocycles. The Balaban J connectivity index is 1.46. The summed E-state index contributed by atoms with van der Waals surface area (Å²) in [5.41, 5.74) is 0.439. The largest absolute Gasteiger partial charge is 0.208 e. The van der Waals surface area contributed by atoms with E-state index in [1.54, 1.807) is 6.07 Å². The van der Waals surface area contributed by atoms with Crippen LogP contribution < -0.4 is 10.4 Å². The van der Waals surface area contributed by atoms with Crippen molar-refractivity contribution >= 4 is 29.2 Å². The summed E-state index contributed by atoms with van der Waals surface area (Å²) in [6.07, 6.45) is 0. The molecule has 2 heterocycles. The maximum Gasteiger partial charge on any atom is 0.164 e. The average Bonchev–Trinajstić information content (AvgIpc) is 3.42. The Morgan fingerprint density at radius 3 is 1.70 bits per heavy atom. The van der Waals surface area contributed by atoms with Crippen molar-refractivity contribution in [1.82, 2.24) is 15.0 Å². The van der Waals surface area contributed by atoms with Crippen LogP contribution in [0.1, 0.15) is 19.2 Å². The Labute approximate surface area is 272 Å². The molecule has 0 atom stereocenters. The molecule has 6 aromatic carbocycles. The third-order valence-corrected chi connectivity index (χ3v) is 11.3. The molecule has 4 heteroatoms. The lowest BCUT2D eigenvalue weighted by molar-refractivity contribution is 1.07. The van der Waals surface area contributed by atoms with E-state index >= 15 is 0 Å². The van der Waals surface area contributed by atoms with Crippen LogP contribution >= 0.6 is 0 Å². The quantitative estimate of drug-likeness (QED) is 0.196. The first-order chi connectivity index (χ1) is 26.9. The predicted molar refractivity (Wildman–Crippen MR) is 181 cm³/mol. The summed E-state index contributed by atoms with van der Waals surface area (Å²) in [6.45, 7) is 4.46. The van der Waals surface area contributed by atoms with Crippen molar-refractivity contribution in [3.8, 4) is 56.4 Å². The molecule has 204 valence electrons. The predicted octanol–water partition coefficient (Wildman–Crippen LogP) is 8.50. The molecule has 0 saturated carbocycles. The summed E-state index contributed by atoms with van der Waals surface area (Å²) in [7, 11) is -2.33. The topological polar surface area (TPSA) is 38.7 Å². The first-order valence-corrected chi connectivity index (χ1v) is 16.6. The van der Waals surface area contributed by atoms with Gasteiger partial charge in [-0.3, -0.25) is 0 Å². The molecule has 0 amide bonds. The van der Waals surface area contributed by atoms with E-state index in [4.69, 9.17) is 29.2 Å². The van der Waals surface area contributed by atoms with Crippen LogP contribution in [0.25, 0.3) is 67.2 Å². The highest BCUT2D eigenvalue weighted by Gasteiger charge is 2.39. The van der Waals surface area contributed by atoms with E-state index in [-0.39, 0.29) is 17.2 Å². The Morgan fingerprint density at radius 1 is 0.488 bits per heavy atom. The van der Waals surface area contributed by atoms with Gasteiger partial charge in [-0.25, -0.2) is 15.0 Å². The summed E-state index contributed by atoms with van der Waals surface area (Å²) >= 11 is 0. The molecule has 7 aromatic rings. The average molecular weight is 582 g/mol. The van der Waals surface area contributed by atoms with E-state index in [0.29, 0.717) is 5.56 Å². The lowest BCUT2D eigenvalue weighted by atomic mass is 9.96. The first-order valence-electron chi connectivity index (χ1n) is 20.6. The van der Waals surface area contributed by atoms with Gasteiger partial charge in [-0.2, -0.15) is 0 Å². The third-order valence-electron chi connectivity index (χ3n) is 7.76. The van der Waals surface area contributed by atoms with Crippen molar-refractivity contribution in [1.29, 1.82) is 0 Å². The van der Waals surface area contributed by atoms with Crippen LogP contribution in [0.2, 0.25) is 13.1 Å². The summed E-state index contributed by atoms with van der Waals surface area (Å²) in [5.74, 6) is -0.794. The monoisotopic (exact) mass is 581 g/mol. The summed E-state index contributed by atoms with van der Waals surface area (Å²) in [4.78, 5) is 13.9. The molecular weight excluding hydrogens is 539 g/mol. The zero-order valence-electron chi connectivity index (χ0n) is 37.0. The maximum atomic E-state index is 9.13. The normalized spacial score (nSPS) is 17.6. The standard InChI is InChI=1S/C39H29N3Si/c1-43(2)34-19-11-18-32(36(34)33-24-30-16-9-10-17-31(30)25-35(33)43)39-41-37(28-14-7-4-8-15-28)40-38(42-39)29-22-20-27(21-23-29)26-12-5-3-6-13-26/h3-25H,1-2H3/i3D,4D,5D,6D,7D,8D,12D,13D,14D,15D,20D,21D,22D,23D. The van der Waals surface area contributed by atoms with E-state index in [9.17, 15) is 0 Å². The molecule has 0 N–H and O–H groups in total. The second-order valence-electron chi connectivity index (χ2n) is 10.7. The van der Waals surface area contributed by atoms with Crippen LogP contribution in [0, 0.1) is 0 Å². The van der Waals surface area contributed by atoms with Gasteiger partial charge in [0.1, 0.15) is 8.07 Å². The van der Waals surface area contributed by atoms with Crippen LogP contribution in [0.15, 0.2) is 139 Å². The molecule has 0 spiro atoms. The van der Waals surface area contributed by atoms with Crippen LogP contribution in [-0.4, -0.2) is 23.0 Å². The molecule has 0 saturated heterocycles. The van der Waals surface area contributed by atoms with Gasteiger partial charge in [0.25, 0.3) is 0 Å². The lowest BCUT2D eigenvalue weighted by Gasteiger charge is -2.19. The molecule has 43 heavy (non-hydrogen) atoms. The zero-order valence-corrected chi connectivity index (χ0v) is 24.0. The number of nitrogens with zero attached hydrogens (tertiary/aromatic N) is 3. The maximum absolute atomic E-state index is 9.13. The van der Waals surface area contributed by atoms with E-state index in [2.05, 4.69) is 42.3 Å². The second kappa shape index (κ2) is 9.97.